The molecular formula is C12H25N3O3. The van der Waals surface area contributed by atoms with E-state index in [-0.39, 0.29) is 5.92 Å². The Balaban J connectivity index is 3.85. The number of aliphatic carboxylic acids is 1. The number of hydrogen-bond donors (Lipinski definition) is 4. The molecule has 0 aromatic heterocycles. The first-order valence-corrected chi connectivity index (χ1v) is 6.45. The molecule has 0 spiro atoms. The van der Waals surface area contributed by atoms with Crippen LogP contribution in [0, 0.1) is 5.92 Å². The number of hydrogen-bond acceptors (Lipinski definition) is 3. The average Bonchev–Trinajstić information content (AvgIpc) is 2.27. The van der Waals surface area contributed by atoms with E-state index in [1.165, 1.54) is 0 Å². The minimum atomic E-state index is -0.994. The molecule has 0 unspecified atom stereocenters. The highest BCUT2D eigenvalue weighted by molar-refractivity contribution is 5.82. The van der Waals surface area contributed by atoms with Gasteiger partial charge in [-0.05, 0) is 31.8 Å². The Kier molecular flexibility index (Phi) is 9.00. The van der Waals surface area contributed by atoms with E-state index in [2.05, 4.69) is 16.0 Å². The molecule has 4 N–H and O–H groups in total. The van der Waals surface area contributed by atoms with E-state index < -0.39 is 18.0 Å². The standard InChI is InChI=1S/C12H25N3O3/c1-4-13-6-5-7-14-12(18)15-10(11(16)17)8-9(2)3/h9-10,13H,4-8H2,1-3H3,(H,16,17)(H2,14,15,18)/t10-/m0/s1. The van der Waals surface area contributed by atoms with Crippen molar-refractivity contribution < 1.29 is 14.7 Å². The third kappa shape index (κ3) is 8.81. The van der Waals surface area contributed by atoms with Crippen LogP contribution in [-0.4, -0.2) is 42.8 Å². The summed E-state index contributed by atoms with van der Waals surface area (Å²) in [5.74, 6) is -0.772. The molecular weight excluding hydrogens is 234 g/mol. The Morgan fingerprint density at radius 1 is 1.22 bits per heavy atom. The molecule has 0 saturated carbocycles. The Labute approximate surface area is 109 Å². The lowest BCUT2D eigenvalue weighted by Crippen LogP contribution is -2.47. The number of nitrogens with one attached hydrogen (secondary N) is 3. The zero-order chi connectivity index (χ0) is 14.0. The number of rotatable bonds is 9. The molecule has 0 fully saturated rings. The van der Waals surface area contributed by atoms with Crippen molar-refractivity contribution >= 4 is 12.0 Å². The van der Waals surface area contributed by atoms with Gasteiger partial charge in [-0.15, -0.1) is 0 Å². The largest absolute Gasteiger partial charge is 0.480 e. The molecule has 0 rings (SSSR count). The molecule has 0 aromatic rings. The van der Waals surface area contributed by atoms with Crippen LogP contribution < -0.4 is 16.0 Å². The smallest absolute Gasteiger partial charge is 0.326 e. The number of carbonyl (C=O) groups excluding carboxylic acids is 1. The van der Waals surface area contributed by atoms with Gasteiger partial charge in [0.05, 0.1) is 0 Å². The van der Waals surface area contributed by atoms with Gasteiger partial charge in [0.2, 0.25) is 0 Å². The molecule has 0 radical (unpaired) electrons. The summed E-state index contributed by atoms with van der Waals surface area (Å²) in [7, 11) is 0. The van der Waals surface area contributed by atoms with E-state index in [0.717, 1.165) is 19.5 Å². The molecule has 0 bridgehead atoms. The second-order valence-electron chi connectivity index (χ2n) is 4.63. The first-order chi connectivity index (χ1) is 8.47. The molecule has 6 nitrogen and oxygen atoms in total. The lowest BCUT2D eigenvalue weighted by Gasteiger charge is -2.16. The van der Waals surface area contributed by atoms with Crippen molar-refractivity contribution in [2.75, 3.05) is 19.6 Å². The summed E-state index contributed by atoms with van der Waals surface area (Å²) in [5, 5.41) is 17.2. The highest BCUT2D eigenvalue weighted by atomic mass is 16.4. The Hall–Kier alpha value is -1.30. The molecule has 6 heteroatoms. The topological polar surface area (TPSA) is 90.5 Å². The SMILES string of the molecule is CCNCCCNC(=O)N[C@@H](CC(C)C)C(=O)O. The van der Waals surface area contributed by atoms with Crippen molar-refractivity contribution in [3.8, 4) is 0 Å². The molecule has 0 aliphatic carbocycles. The highest BCUT2D eigenvalue weighted by Crippen LogP contribution is 2.04. The van der Waals surface area contributed by atoms with E-state index in [4.69, 9.17) is 5.11 Å². The fourth-order valence-corrected chi connectivity index (χ4v) is 1.49. The van der Waals surface area contributed by atoms with Gasteiger partial charge in [0.15, 0.2) is 0 Å². The van der Waals surface area contributed by atoms with Gasteiger partial charge in [0.1, 0.15) is 6.04 Å². The van der Waals surface area contributed by atoms with Crippen molar-refractivity contribution in [3.63, 3.8) is 0 Å². The maximum atomic E-state index is 11.5. The van der Waals surface area contributed by atoms with Gasteiger partial charge in [-0.3, -0.25) is 0 Å². The van der Waals surface area contributed by atoms with E-state index in [0.29, 0.717) is 13.0 Å². The molecule has 0 heterocycles. The maximum Gasteiger partial charge on any atom is 0.326 e. The van der Waals surface area contributed by atoms with Crippen LogP contribution in [0.25, 0.3) is 0 Å². The van der Waals surface area contributed by atoms with Gasteiger partial charge in [-0.1, -0.05) is 20.8 Å². The van der Waals surface area contributed by atoms with Gasteiger partial charge in [-0.25, -0.2) is 9.59 Å². The van der Waals surface area contributed by atoms with Crippen molar-refractivity contribution in [1.29, 1.82) is 0 Å². The zero-order valence-electron chi connectivity index (χ0n) is 11.5. The highest BCUT2D eigenvalue weighted by Gasteiger charge is 2.20. The summed E-state index contributed by atoms with van der Waals surface area (Å²) in [6, 6.07) is -1.24. The third-order valence-electron chi connectivity index (χ3n) is 2.38. The fourth-order valence-electron chi connectivity index (χ4n) is 1.49. The monoisotopic (exact) mass is 259 g/mol. The van der Waals surface area contributed by atoms with Gasteiger partial charge in [0.25, 0.3) is 0 Å². The number of carbonyl (C=O) groups is 2. The Morgan fingerprint density at radius 2 is 1.89 bits per heavy atom. The van der Waals surface area contributed by atoms with Crippen LogP contribution in [0.1, 0.15) is 33.6 Å². The summed E-state index contributed by atoms with van der Waals surface area (Å²) < 4.78 is 0. The van der Waals surface area contributed by atoms with Crippen LogP contribution in [0.4, 0.5) is 4.79 Å². The van der Waals surface area contributed by atoms with Crippen molar-refractivity contribution in [2.24, 2.45) is 5.92 Å². The zero-order valence-corrected chi connectivity index (χ0v) is 11.5. The Bertz CT molecular complexity index is 257. The maximum absolute atomic E-state index is 11.5. The number of amides is 2. The number of carboxylic acid groups (broad SMARTS) is 1. The molecule has 0 saturated heterocycles. The molecule has 2 amide bonds. The fraction of sp³-hybridized carbons (Fsp3) is 0.833. The van der Waals surface area contributed by atoms with Crippen LogP contribution in [0.2, 0.25) is 0 Å². The lowest BCUT2D eigenvalue weighted by molar-refractivity contribution is -0.139. The number of carboxylic acids is 1. The molecule has 0 aliphatic rings. The normalized spacial score (nSPS) is 12.2. The second-order valence-corrected chi connectivity index (χ2v) is 4.63. The predicted molar refractivity (Wildman–Crippen MR) is 70.6 cm³/mol. The predicted octanol–water partition coefficient (Wildman–Crippen LogP) is 0.785. The minimum absolute atomic E-state index is 0.222. The van der Waals surface area contributed by atoms with Gasteiger partial charge in [-0.2, -0.15) is 0 Å². The van der Waals surface area contributed by atoms with Gasteiger partial charge < -0.3 is 21.1 Å². The van der Waals surface area contributed by atoms with Crippen LogP contribution >= 0.6 is 0 Å². The minimum Gasteiger partial charge on any atom is -0.480 e. The molecule has 0 aliphatic heterocycles. The summed E-state index contributed by atoms with van der Waals surface area (Å²) >= 11 is 0. The van der Waals surface area contributed by atoms with Gasteiger partial charge >= 0.3 is 12.0 Å². The average molecular weight is 259 g/mol. The van der Waals surface area contributed by atoms with Crippen LogP contribution in [0.5, 0.6) is 0 Å². The van der Waals surface area contributed by atoms with E-state index in [1.807, 2.05) is 20.8 Å². The Morgan fingerprint density at radius 3 is 2.39 bits per heavy atom. The van der Waals surface area contributed by atoms with Crippen molar-refractivity contribution in [2.45, 2.75) is 39.7 Å². The summed E-state index contributed by atoms with van der Waals surface area (Å²) in [5.41, 5.74) is 0. The van der Waals surface area contributed by atoms with E-state index in [9.17, 15) is 9.59 Å². The van der Waals surface area contributed by atoms with Gasteiger partial charge in [0, 0.05) is 6.54 Å². The van der Waals surface area contributed by atoms with Crippen LogP contribution in [-0.2, 0) is 4.79 Å². The van der Waals surface area contributed by atoms with E-state index in [1.54, 1.807) is 0 Å². The molecule has 0 aromatic carbocycles. The quantitative estimate of drug-likeness (QED) is 0.461. The molecule has 1 atom stereocenters. The molecule has 18 heavy (non-hydrogen) atoms. The van der Waals surface area contributed by atoms with Crippen LogP contribution in [0.3, 0.4) is 0 Å². The summed E-state index contributed by atoms with van der Waals surface area (Å²) in [6.07, 6.45) is 1.25. The first-order valence-electron chi connectivity index (χ1n) is 6.45. The number of urea groups is 1. The van der Waals surface area contributed by atoms with Crippen molar-refractivity contribution in [1.82, 2.24) is 16.0 Å². The third-order valence-corrected chi connectivity index (χ3v) is 2.38. The van der Waals surface area contributed by atoms with Crippen molar-refractivity contribution in [3.05, 3.63) is 0 Å². The van der Waals surface area contributed by atoms with Crippen LogP contribution in [0.15, 0.2) is 0 Å². The molecule has 106 valence electrons. The lowest BCUT2D eigenvalue weighted by atomic mass is 10.0. The first kappa shape index (κ1) is 16.7. The second kappa shape index (κ2) is 9.70. The summed E-state index contributed by atoms with van der Waals surface area (Å²) in [6.45, 7) is 8.14. The van der Waals surface area contributed by atoms with E-state index >= 15 is 0 Å². The summed E-state index contributed by atoms with van der Waals surface area (Å²) in [4.78, 5) is 22.4.